The zero-order valence-corrected chi connectivity index (χ0v) is 18.7. The quantitative estimate of drug-likeness (QED) is 0.638. The van der Waals surface area contributed by atoms with Crippen LogP contribution in [0.25, 0.3) is 23.1 Å². The molecular weight excluding hydrogens is 423 g/mol. The van der Waals surface area contributed by atoms with Crippen molar-refractivity contribution in [2.75, 3.05) is 37.0 Å². The number of aliphatic hydroxyl groups excluding tert-OH is 1. The first-order valence-corrected chi connectivity index (χ1v) is 9.50. The molecule has 30 heavy (non-hydrogen) atoms. The average molecular weight is 449 g/mol. The molecule has 0 amide bonds. The lowest BCUT2D eigenvalue weighted by Gasteiger charge is -2.17. The molecule has 1 fully saturated rings. The van der Waals surface area contributed by atoms with E-state index in [4.69, 9.17) is 0 Å². The first kappa shape index (κ1) is 23.8. The molecule has 0 saturated carbocycles. The van der Waals surface area contributed by atoms with Crippen molar-refractivity contribution in [2.24, 2.45) is 0 Å². The minimum Gasteiger partial charge on any atom is -0.390 e. The van der Waals surface area contributed by atoms with E-state index < -0.39 is 0 Å². The number of fused-ring (bicyclic) bond motifs is 1. The Morgan fingerprint density at radius 2 is 1.63 bits per heavy atom. The summed E-state index contributed by atoms with van der Waals surface area (Å²) in [6.07, 6.45) is 5.97. The van der Waals surface area contributed by atoms with Crippen LogP contribution in [0.15, 0.2) is 30.3 Å². The third-order valence-electron chi connectivity index (χ3n) is 4.78. The van der Waals surface area contributed by atoms with Gasteiger partial charge < -0.3 is 14.9 Å². The SMILES string of the molecule is CN(C)c1nc(/C=C/c2nc(CO)cc(N3CCCC3)n2)nc2ccccc12.Cl.Cl. The Kier molecular flexibility index (Phi) is 8.34. The molecule has 1 aliphatic rings. The van der Waals surface area contributed by atoms with Gasteiger partial charge in [0, 0.05) is 38.6 Å². The van der Waals surface area contributed by atoms with Gasteiger partial charge in [-0.3, -0.25) is 0 Å². The lowest BCUT2D eigenvalue weighted by atomic mass is 10.2. The first-order valence-electron chi connectivity index (χ1n) is 9.50. The second kappa shape index (κ2) is 10.5. The fraction of sp³-hybridized carbons (Fsp3) is 0.333. The molecule has 2 aromatic heterocycles. The van der Waals surface area contributed by atoms with E-state index in [9.17, 15) is 5.11 Å². The maximum absolute atomic E-state index is 9.57. The lowest BCUT2D eigenvalue weighted by Crippen LogP contribution is -2.20. The van der Waals surface area contributed by atoms with Crippen molar-refractivity contribution in [3.8, 4) is 0 Å². The van der Waals surface area contributed by atoms with Gasteiger partial charge in [-0.15, -0.1) is 24.8 Å². The van der Waals surface area contributed by atoms with Gasteiger partial charge in [-0.1, -0.05) is 12.1 Å². The Labute approximate surface area is 188 Å². The predicted molar refractivity (Wildman–Crippen MR) is 127 cm³/mol. The zero-order chi connectivity index (χ0) is 19.5. The summed E-state index contributed by atoms with van der Waals surface area (Å²) >= 11 is 0. The van der Waals surface area contributed by atoms with E-state index in [1.165, 1.54) is 12.8 Å². The van der Waals surface area contributed by atoms with Gasteiger partial charge in [0.15, 0.2) is 11.6 Å². The number of hydrogen-bond donors (Lipinski definition) is 1. The first-order chi connectivity index (χ1) is 13.6. The van der Waals surface area contributed by atoms with Crippen molar-refractivity contribution < 1.29 is 5.11 Å². The van der Waals surface area contributed by atoms with Crippen molar-refractivity contribution >= 4 is 59.5 Å². The molecule has 7 nitrogen and oxygen atoms in total. The Balaban J connectivity index is 0.00000160. The molecule has 0 bridgehead atoms. The monoisotopic (exact) mass is 448 g/mol. The Morgan fingerprint density at radius 3 is 2.30 bits per heavy atom. The Hall–Kier alpha value is -2.48. The van der Waals surface area contributed by atoms with Crippen molar-refractivity contribution in [3.63, 3.8) is 0 Å². The number of anilines is 2. The molecule has 0 unspecified atom stereocenters. The third kappa shape index (κ3) is 5.16. The molecule has 1 aliphatic heterocycles. The van der Waals surface area contributed by atoms with Gasteiger partial charge in [0.05, 0.1) is 17.8 Å². The maximum atomic E-state index is 9.57. The van der Waals surface area contributed by atoms with Gasteiger partial charge in [0.1, 0.15) is 11.6 Å². The van der Waals surface area contributed by atoms with Crippen LogP contribution in [0.5, 0.6) is 0 Å². The van der Waals surface area contributed by atoms with E-state index in [1.807, 2.05) is 61.5 Å². The summed E-state index contributed by atoms with van der Waals surface area (Å²) in [6, 6.07) is 9.82. The highest BCUT2D eigenvalue weighted by Crippen LogP contribution is 2.23. The lowest BCUT2D eigenvalue weighted by molar-refractivity contribution is 0.276. The number of aromatic nitrogens is 4. The van der Waals surface area contributed by atoms with Crippen LogP contribution >= 0.6 is 24.8 Å². The number of rotatable bonds is 5. The molecular formula is C21H26Cl2N6O. The Bertz CT molecular complexity index is 1020. The summed E-state index contributed by atoms with van der Waals surface area (Å²) in [4.78, 5) is 22.6. The summed E-state index contributed by atoms with van der Waals surface area (Å²) in [7, 11) is 3.94. The fourth-order valence-corrected chi connectivity index (χ4v) is 3.41. The maximum Gasteiger partial charge on any atom is 0.155 e. The molecule has 0 spiro atoms. The van der Waals surface area contributed by atoms with Crippen LogP contribution in [-0.2, 0) is 6.61 Å². The van der Waals surface area contributed by atoms with Crippen molar-refractivity contribution in [3.05, 3.63) is 47.7 Å². The highest BCUT2D eigenvalue weighted by Gasteiger charge is 2.15. The molecule has 3 aromatic rings. The van der Waals surface area contributed by atoms with Crippen molar-refractivity contribution in [1.29, 1.82) is 0 Å². The van der Waals surface area contributed by atoms with E-state index in [1.54, 1.807) is 0 Å². The van der Waals surface area contributed by atoms with Gasteiger partial charge in [0.25, 0.3) is 0 Å². The molecule has 0 atom stereocenters. The Morgan fingerprint density at radius 1 is 0.967 bits per heavy atom. The predicted octanol–water partition coefficient (Wildman–Crippen LogP) is 3.59. The number of halogens is 2. The fourth-order valence-electron chi connectivity index (χ4n) is 3.41. The summed E-state index contributed by atoms with van der Waals surface area (Å²) < 4.78 is 0. The number of aliphatic hydroxyl groups is 1. The summed E-state index contributed by atoms with van der Waals surface area (Å²) in [5.41, 5.74) is 1.51. The van der Waals surface area contributed by atoms with Crippen LogP contribution < -0.4 is 9.80 Å². The van der Waals surface area contributed by atoms with Crippen LogP contribution in [0, 0.1) is 0 Å². The summed E-state index contributed by atoms with van der Waals surface area (Å²) in [5, 5.41) is 10.6. The minimum absolute atomic E-state index is 0. The highest BCUT2D eigenvalue weighted by atomic mass is 35.5. The van der Waals surface area contributed by atoms with Gasteiger partial charge in [-0.05, 0) is 37.1 Å². The van der Waals surface area contributed by atoms with Crippen LogP contribution in [0.2, 0.25) is 0 Å². The normalized spacial score (nSPS) is 13.4. The number of para-hydroxylation sites is 1. The van der Waals surface area contributed by atoms with Crippen LogP contribution in [0.3, 0.4) is 0 Å². The second-order valence-electron chi connectivity index (χ2n) is 7.08. The molecule has 4 rings (SSSR count). The van der Waals surface area contributed by atoms with Crippen LogP contribution in [0.4, 0.5) is 11.6 Å². The number of benzene rings is 1. The van der Waals surface area contributed by atoms with Gasteiger partial charge in [-0.25, -0.2) is 19.9 Å². The molecule has 0 radical (unpaired) electrons. The van der Waals surface area contributed by atoms with E-state index in [0.29, 0.717) is 17.3 Å². The molecule has 9 heteroatoms. The standard InChI is InChI=1S/C21H24N6O.2ClH/c1-26(2)21-16-7-3-4-8-17(16)23-19(25-21)10-9-18-22-15(14-28)13-20(24-18)27-11-5-6-12-27;;/h3-4,7-10,13,28H,5-6,11-12,14H2,1-2H3;2*1H/b10-9+;;. The number of nitrogens with zero attached hydrogens (tertiary/aromatic N) is 6. The van der Waals surface area contributed by atoms with Gasteiger partial charge in [0.2, 0.25) is 0 Å². The second-order valence-corrected chi connectivity index (χ2v) is 7.08. The van der Waals surface area contributed by atoms with Crippen molar-refractivity contribution in [2.45, 2.75) is 19.4 Å². The minimum atomic E-state index is -0.110. The average Bonchev–Trinajstić information content (AvgIpc) is 3.26. The largest absolute Gasteiger partial charge is 0.390 e. The zero-order valence-electron chi connectivity index (χ0n) is 17.0. The van der Waals surface area contributed by atoms with Crippen molar-refractivity contribution in [1.82, 2.24) is 19.9 Å². The summed E-state index contributed by atoms with van der Waals surface area (Å²) in [5.74, 6) is 2.89. The molecule has 160 valence electrons. The van der Waals surface area contributed by atoms with Crippen LogP contribution in [0.1, 0.15) is 30.2 Å². The highest BCUT2D eigenvalue weighted by molar-refractivity contribution is 5.90. The topological polar surface area (TPSA) is 78.3 Å². The molecule has 1 saturated heterocycles. The van der Waals surface area contributed by atoms with E-state index in [0.717, 1.165) is 35.6 Å². The van der Waals surface area contributed by atoms with Gasteiger partial charge in [-0.2, -0.15) is 0 Å². The molecule has 1 N–H and O–H groups in total. The van der Waals surface area contributed by atoms with E-state index in [-0.39, 0.29) is 31.4 Å². The number of hydrogen-bond acceptors (Lipinski definition) is 7. The molecule has 1 aromatic carbocycles. The molecule has 0 aliphatic carbocycles. The van der Waals surface area contributed by atoms with Crippen LogP contribution in [-0.4, -0.2) is 52.2 Å². The van der Waals surface area contributed by atoms with E-state index in [2.05, 4.69) is 24.8 Å². The smallest absolute Gasteiger partial charge is 0.155 e. The summed E-state index contributed by atoms with van der Waals surface area (Å²) in [6.45, 7) is 1.87. The third-order valence-corrected chi connectivity index (χ3v) is 4.78. The van der Waals surface area contributed by atoms with Gasteiger partial charge >= 0.3 is 0 Å². The molecule has 3 heterocycles. The van der Waals surface area contributed by atoms with E-state index >= 15 is 0 Å².